The first kappa shape index (κ1) is 15.6. The van der Waals surface area contributed by atoms with Gasteiger partial charge in [0.15, 0.2) is 0 Å². The highest BCUT2D eigenvalue weighted by molar-refractivity contribution is 7.08. The fraction of sp³-hybridized carbons (Fsp3) is 0.588. The Morgan fingerprint density at radius 2 is 2.17 bits per heavy atom. The number of carbonyl (C=O) groups excluding carboxylic acids is 1. The maximum absolute atomic E-state index is 12.9. The summed E-state index contributed by atoms with van der Waals surface area (Å²) in [6.07, 6.45) is 2.63. The van der Waals surface area contributed by atoms with Crippen molar-refractivity contribution < 1.29 is 4.79 Å². The summed E-state index contributed by atoms with van der Waals surface area (Å²) in [7, 11) is 0. The molecule has 1 fully saturated rings. The fourth-order valence-electron chi connectivity index (χ4n) is 3.91. The first-order valence-electron chi connectivity index (χ1n) is 8.56. The Balaban J connectivity index is 1.65. The minimum absolute atomic E-state index is 0.0332. The molecule has 0 unspecified atom stereocenters. The van der Waals surface area contributed by atoms with Crippen LogP contribution in [0.25, 0.3) is 0 Å². The lowest BCUT2D eigenvalue weighted by Gasteiger charge is -2.27. The molecule has 4 heterocycles. The van der Waals surface area contributed by atoms with Crippen LogP contribution in [0.5, 0.6) is 0 Å². The van der Waals surface area contributed by atoms with Crippen LogP contribution in [0.15, 0.2) is 21.6 Å². The maximum atomic E-state index is 12.9. The molecule has 4 rings (SSSR count). The van der Waals surface area contributed by atoms with Crippen LogP contribution in [0.4, 0.5) is 0 Å². The van der Waals surface area contributed by atoms with E-state index in [0.717, 1.165) is 24.2 Å². The molecule has 7 heteroatoms. The van der Waals surface area contributed by atoms with Crippen LogP contribution in [0.3, 0.4) is 0 Å². The summed E-state index contributed by atoms with van der Waals surface area (Å²) in [5, 5.41) is 8.39. The highest BCUT2D eigenvalue weighted by atomic mass is 32.1. The third kappa shape index (κ3) is 2.51. The molecule has 0 saturated carbocycles. The SMILES string of the molecule is CC(C)Cn1nc2n(c1=O)C[C@H]1CC[C@@H](C2)N1C(=O)c1ccsc1. The van der Waals surface area contributed by atoms with Crippen molar-refractivity contribution in [2.45, 2.75) is 58.3 Å². The lowest BCUT2D eigenvalue weighted by molar-refractivity contribution is 0.0665. The van der Waals surface area contributed by atoms with Crippen molar-refractivity contribution in [3.05, 3.63) is 38.7 Å². The predicted molar refractivity (Wildman–Crippen MR) is 92.3 cm³/mol. The number of fused-ring (bicyclic) bond motifs is 3. The monoisotopic (exact) mass is 346 g/mol. The van der Waals surface area contributed by atoms with Gasteiger partial charge in [-0.3, -0.25) is 9.36 Å². The summed E-state index contributed by atoms with van der Waals surface area (Å²) in [6, 6.07) is 2.13. The van der Waals surface area contributed by atoms with Gasteiger partial charge in [0.2, 0.25) is 0 Å². The molecule has 2 aromatic rings. The molecule has 0 spiro atoms. The van der Waals surface area contributed by atoms with Crippen LogP contribution >= 0.6 is 11.3 Å². The summed E-state index contributed by atoms with van der Waals surface area (Å²) in [5.41, 5.74) is 0.725. The van der Waals surface area contributed by atoms with E-state index in [-0.39, 0.29) is 23.7 Å². The zero-order chi connectivity index (χ0) is 16.8. The molecule has 0 N–H and O–H groups in total. The average molecular weight is 346 g/mol. The minimum atomic E-state index is -0.0332. The predicted octanol–water partition coefficient (Wildman–Crippen LogP) is 1.99. The van der Waals surface area contributed by atoms with Gasteiger partial charge in [-0.15, -0.1) is 0 Å². The Labute approximate surface area is 144 Å². The topological polar surface area (TPSA) is 60.1 Å². The van der Waals surface area contributed by atoms with E-state index in [1.807, 2.05) is 21.7 Å². The van der Waals surface area contributed by atoms with Gasteiger partial charge in [0.05, 0.1) is 11.6 Å². The van der Waals surface area contributed by atoms with Crippen LogP contribution in [0.1, 0.15) is 42.9 Å². The molecule has 2 aliphatic rings. The molecule has 0 aromatic carbocycles. The Hall–Kier alpha value is -1.89. The fourth-order valence-corrected chi connectivity index (χ4v) is 4.54. The first-order valence-corrected chi connectivity index (χ1v) is 9.50. The number of amides is 1. The van der Waals surface area contributed by atoms with Crippen LogP contribution in [-0.4, -0.2) is 37.2 Å². The van der Waals surface area contributed by atoms with Crippen molar-refractivity contribution in [2.24, 2.45) is 5.92 Å². The molecule has 24 heavy (non-hydrogen) atoms. The summed E-state index contributed by atoms with van der Waals surface area (Å²) in [6.45, 7) is 5.38. The van der Waals surface area contributed by atoms with E-state index < -0.39 is 0 Å². The van der Waals surface area contributed by atoms with E-state index in [0.29, 0.717) is 25.4 Å². The van der Waals surface area contributed by atoms with E-state index in [1.165, 1.54) is 0 Å². The second-order valence-corrected chi connectivity index (χ2v) is 7.98. The van der Waals surface area contributed by atoms with Crippen LogP contribution in [0.2, 0.25) is 0 Å². The third-order valence-corrected chi connectivity index (χ3v) is 5.65. The van der Waals surface area contributed by atoms with Crippen LogP contribution in [-0.2, 0) is 19.5 Å². The smallest absolute Gasteiger partial charge is 0.330 e. The van der Waals surface area contributed by atoms with Crippen molar-refractivity contribution in [3.63, 3.8) is 0 Å². The lowest BCUT2D eigenvalue weighted by Crippen LogP contribution is -2.42. The zero-order valence-electron chi connectivity index (χ0n) is 14.0. The summed E-state index contributed by atoms with van der Waals surface area (Å²) in [4.78, 5) is 27.5. The van der Waals surface area contributed by atoms with E-state index in [4.69, 9.17) is 0 Å². The Bertz CT molecular complexity index is 805. The number of hydrogen-bond donors (Lipinski definition) is 0. The molecule has 6 nitrogen and oxygen atoms in total. The first-order chi connectivity index (χ1) is 11.5. The Kier molecular flexibility index (Phi) is 3.83. The number of nitrogens with zero attached hydrogens (tertiary/aromatic N) is 4. The number of aromatic nitrogens is 3. The third-order valence-electron chi connectivity index (χ3n) is 4.97. The van der Waals surface area contributed by atoms with Gasteiger partial charge in [0.25, 0.3) is 5.91 Å². The van der Waals surface area contributed by atoms with Gasteiger partial charge in [-0.2, -0.15) is 16.4 Å². The summed E-state index contributed by atoms with van der Waals surface area (Å²) in [5.74, 6) is 1.31. The van der Waals surface area contributed by atoms with Gasteiger partial charge in [-0.25, -0.2) is 9.48 Å². The molecule has 1 amide bonds. The second kappa shape index (κ2) is 5.88. The van der Waals surface area contributed by atoms with Crippen molar-refractivity contribution in [3.8, 4) is 0 Å². The molecule has 0 radical (unpaired) electrons. The quantitative estimate of drug-likeness (QED) is 0.854. The van der Waals surface area contributed by atoms with Gasteiger partial charge in [0.1, 0.15) is 5.82 Å². The molecule has 0 aliphatic carbocycles. The minimum Gasteiger partial charge on any atom is -0.330 e. The molecular formula is C17H22N4O2S. The Morgan fingerprint density at radius 3 is 2.88 bits per heavy atom. The second-order valence-electron chi connectivity index (χ2n) is 7.20. The van der Waals surface area contributed by atoms with Crippen LogP contribution < -0.4 is 5.69 Å². The molecular weight excluding hydrogens is 324 g/mol. The van der Waals surface area contributed by atoms with Gasteiger partial charge in [0, 0.05) is 30.9 Å². The van der Waals surface area contributed by atoms with Crippen molar-refractivity contribution in [2.75, 3.05) is 0 Å². The van der Waals surface area contributed by atoms with E-state index >= 15 is 0 Å². The van der Waals surface area contributed by atoms with E-state index in [2.05, 4.69) is 18.9 Å². The largest absolute Gasteiger partial charge is 0.345 e. The molecule has 2 aromatic heterocycles. The molecule has 2 bridgehead atoms. The Morgan fingerprint density at radius 1 is 1.38 bits per heavy atom. The molecule has 1 saturated heterocycles. The van der Waals surface area contributed by atoms with Crippen LogP contribution in [0, 0.1) is 5.92 Å². The van der Waals surface area contributed by atoms with Gasteiger partial charge < -0.3 is 4.90 Å². The molecule has 128 valence electrons. The molecule has 2 atom stereocenters. The normalized spacial score (nSPS) is 22.7. The summed E-state index contributed by atoms with van der Waals surface area (Å²) < 4.78 is 3.38. The highest BCUT2D eigenvalue weighted by Gasteiger charge is 2.41. The molecule has 2 aliphatic heterocycles. The van der Waals surface area contributed by atoms with Gasteiger partial charge in [-0.05, 0) is 30.2 Å². The number of hydrogen-bond acceptors (Lipinski definition) is 4. The number of thiophene rings is 1. The van der Waals surface area contributed by atoms with E-state index in [9.17, 15) is 9.59 Å². The standard InChI is InChI=1S/C17H22N4O2S/c1-11(2)8-20-17(23)19-9-14-4-3-13(7-15(19)18-20)21(14)16(22)12-5-6-24-10-12/h5-6,10-11,13-14H,3-4,7-9H2,1-2H3/t13-,14+/m0/s1. The van der Waals surface area contributed by atoms with Gasteiger partial charge in [-0.1, -0.05) is 13.8 Å². The van der Waals surface area contributed by atoms with Crippen molar-refractivity contribution in [1.29, 1.82) is 0 Å². The van der Waals surface area contributed by atoms with E-state index in [1.54, 1.807) is 20.6 Å². The number of carbonyl (C=O) groups is 1. The van der Waals surface area contributed by atoms with Crippen molar-refractivity contribution in [1.82, 2.24) is 19.2 Å². The average Bonchev–Trinajstić information content (AvgIpc) is 3.20. The maximum Gasteiger partial charge on any atom is 0.345 e. The lowest BCUT2D eigenvalue weighted by atomic mass is 10.1. The highest BCUT2D eigenvalue weighted by Crippen LogP contribution is 2.32. The number of rotatable bonds is 3. The summed E-state index contributed by atoms with van der Waals surface area (Å²) >= 11 is 1.54. The van der Waals surface area contributed by atoms with Crippen molar-refractivity contribution >= 4 is 17.2 Å². The zero-order valence-corrected chi connectivity index (χ0v) is 14.8. The van der Waals surface area contributed by atoms with Gasteiger partial charge >= 0.3 is 5.69 Å².